The molecule has 0 heterocycles. The van der Waals surface area contributed by atoms with E-state index in [9.17, 15) is 0 Å². The minimum absolute atomic E-state index is 0.480. The molecule has 0 aliphatic heterocycles. The molecule has 2 aliphatic rings. The lowest BCUT2D eigenvalue weighted by Crippen LogP contribution is -2.28. The highest BCUT2D eigenvalue weighted by Gasteiger charge is 2.46. The van der Waals surface area contributed by atoms with Crippen LogP contribution in [0.4, 0.5) is 17.1 Å². The first-order valence-electron chi connectivity index (χ1n) is 21.3. The molecule has 11 rings (SSSR count). The molecule has 2 aliphatic carbocycles. The second kappa shape index (κ2) is 15.2. The van der Waals surface area contributed by atoms with Gasteiger partial charge in [-0.3, -0.25) is 0 Å². The molecule has 0 aromatic heterocycles. The third kappa shape index (κ3) is 6.17. The number of fused-ring (bicyclic) bond motifs is 4. The van der Waals surface area contributed by atoms with E-state index in [1.807, 2.05) is 0 Å². The summed E-state index contributed by atoms with van der Waals surface area (Å²) in [6.45, 7) is 0. The Bertz CT molecular complexity index is 2970. The molecule has 0 N–H and O–H groups in total. The summed E-state index contributed by atoms with van der Waals surface area (Å²) in [5.74, 6) is 0.521. The quantitative estimate of drug-likeness (QED) is 0.139. The fraction of sp³-hybridized carbons (Fsp3) is 0.0847. The third-order valence-electron chi connectivity index (χ3n) is 13.0. The lowest BCUT2D eigenvalue weighted by molar-refractivity contribution is 0.617. The molecule has 1 nitrogen and oxygen atoms in total. The van der Waals surface area contributed by atoms with E-state index in [0.717, 1.165) is 24.2 Å². The van der Waals surface area contributed by atoms with Crippen molar-refractivity contribution in [3.05, 3.63) is 258 Å². The largest absolute Gasteiger partial charge is 0.310 e. The van der Waals surface area contributed by atoms with Crippen molar-refractivity contribution in [2.75, 3.05) is 4.90 Å². The van der Waals surface area contributed by atoms with Gasteiger partial charge in [0, 0.05) is 17.1 Å². The van der Waals surface area contributed by atoms with Gasteiger partial charge in [0.05, 0.1) is 5.41 Å². The van der Waals surface area contributed by atoms with Gasteiger partial charge in [0.2, 0.25) is 0 Å². The molecule has 0 radical (unpaired) electrons. The Morgan fingerprint density at radius 2 is 1.00 bits per heavy atom. The highest BCUT2D eigenvalue weighted by atomic mass is 15.1. The normalized spacial score (nSPS) is 15.0. The van der Waals surface area contributed by atoms with Gasteiger partial charge < -0.3 is 4.90 Å². The Balaban J connectivity index is 1.06. The molecule has 0 spiro atoms. The van der Waals surface area contributed by atoms with Gasteiger partial charge in [-0.05, 0) is 146 Å². The second-order valence-electron chi connectivity index (χ2n) is 16.4. The second-order valence-corrected chi connectivity index (χ2v) is 16.4. The number of hydrogen-bond acceptors (Lipinski definition) is 1. The van der Waals surface area contributed by atoms with E-state index in [-0.39, 0.29) is 0 Å². The van der Waals surface area contributed by atoms with Crippen LogP contribution in [0.15, 0.2) is 231 Å². The molecular formula is C59H45N. The summed E-state index contributed by atoms with van der Waals surface area (Å²) in [5, 5.41) is 2.52. The van der Waals surface area contributed by atoms with Gasteiger partial charge in [-0.15, -0.1) is 0 Å². The standard InChI is InChI=1S/C59H45N/c1-4-16-42(17-5-1)48-22-15-27-53(40-48)60(52-34-32-44(33-35-52)46-20-14-21-47(38-46)49-31-30-43-18-10-11-19-45(43)39-49)54-36-37-56-55-28-12-13-29-57(55)59(58(56)41-54,50-23-6-2-7-24-50)51-25-8-3-9-26-51/h1-4,6-15,18-42H,5,16-17H2. The number of rotatable bonds is 8. The number of allylic oxidation sites excluding steroid dienone is 2. The van der Waals surface area contributed by atoms with Crippen molar-refractivity contribution in [1.82, 2.24) is 0 Å². The highest BCUT2D eigenvalue weighted by Crippen LogP contribution is 2.57. The van der Waals surface area contributed by atoms with Crippen molar-refractivity contribution in [3.8, 4) is 33.4 Å². The maximum atomic E-state index is 2.48. The van der Waals surface area contributed by atoms with E-state index in [2.05, 4.69) is 235 Å². The summed E-state index contributed by atoms with van der Waals surface area (Å²) in [6.07, 6.45) is 8.09. The van der Waals surface area contributed by atoms with E-state index in [4.69, 9.17) is 0 Å². The molecule has 0 saturated carbocycles. The van der Waals surface area contributed by atoms with Crippen LogP contribution < -0.4 is 4.90 Å². The van der Waals surface area contributed by atoms with Crippen molar-refractivity contribution in [2.45, 2.75) is 30.6 Å². The van der Waals surface area contributed by atoms with Crippen LogP contribution in [-0.4, -0.2) is 0 Å². The molecule has 9 aromatic rings. The van der Waals surface area contributed by atoms with E-state index in [1.165, 1.54) is 84.1 Å². The maximum Gasteiger partial charge on any atom is 0.0714 e. The van der Waals surface area contributed by atoms with Gasteiger partial charge in [0.1, 0.15) is 0 Å². The number of hydrogen-bond donors (Lipinski definition) is 0. The smallest absolute Gasteiger partial charge is 0.0714 e. The fourth-order valence-corrected chi connectivity index (χ4v) is 10.1. The first kappa shape index (κ1) is 35.9. The zero-order valence-corrected chi connectivity index (χ0v) is 33.6. The van der Waals surface area contributed by atoms with Gasteiger partial charge >= 0.3 is 0 Å². The SMILES string of the molecule is C1=CCC(c2cccc(N(c3ccc(-c4cccc(-c5ccc6ccccc6c5)c4)cc3)c3ccc4c(c3)C(c3ccccc3)(c3ccccc3)c3ccccc3-4)c2)CC1. The molecule has 0 bridgehead atoms. The van der Waals surface area contributed by atoms with Crippen LogP contribution in [0.5, 0.6) is 0 Å². The minimum atomic E-state index is -0.480. The van der Waals surface area contributed by atoms with Crippen LogP contribution in [0.1, 0.15) is 53.0 Å². The summed E-state index contributed by atoms with van der Waals surface area (Å²) < 4.78 is 0. The predicted octanol–water partition coefficient (Wildman–Crippen LogP) is 15.8. The predicted molar refractivity (Wildman–Crippen MR) is 253 cm³/mol. The zero-order chi connectivity index (χ0) is 39.9. The van der Waals surface area contributed by atoms with E-state index in [1.54, 1.807) is 0 Å². The van der Waals surface area contributed by atoms with Crippen molar-refractivity contribution in [3.63, 3.8) is 0 Å². The minimum Gasteiger partial charge on any atom is -0.310 e. The van der Waals surface area contributed by atoms with Crippen LogP contribution in [0.3, 0.4) is 0 Å². The number of nitrogens with zero attached hydrogens (tertiary/aromatic N) is 1. The molecule has 9 aromatic carbocycles. The van der Waals surface area contributed by atoms with Gasteiger partial charge in [0.15, 0.2) is 0 Å². The molecule has 0 fully saturated rings. The molecule has 0 amide bonds. The van der Waals surface area contributed by atoms with Gasteiger partial charge in [-0.25, -0.2) is 0 Å². The van der Waals surface area contributed by atoms with Crippen LogP contribution in [0.25, 0.3) is 44.2 Å². The third-order valence-corrected chi connectivity index (χ3v) is 13.0. The molecule has 1 heteroatoms. The van der Waals surface area contributed by atoms with Gasteiger partial charge in [-0.1, -0.05) is 182 Å². The van der Waals surface area contributed by atoms with Crippen molar-refractivity contribution >= 4 is 27.8 Å². The molecule has 1 unspecified atom stereocenters. The van der Waals surface area contributed by atoms with Crippen LogP contribution in [-0.2, 0) is 5.41 Å². The summed E-state index contributed by atoms with van der Waals surface area (Å²) in [7, 11) is 0. The van der Waals surface area contributed by atoms with Crippen molar-refractivity contribution in [1.29, 1.82) is 0 Å². The van der Waals surface area contributed by atoms with Crippen LogP contribution in [0.2, 0.25) is 0 Å². The van der Waals surface area contributed by atoms with Crippen LogP contribution >= 0.6 is 0 Å². The Hall–Kier alpha value is -7.22. The maximum absolute atomic E-state index is 2.48. The first-order chi connectivity index (χ1) is 29.7. The van der Waals surface area contributed by atoms with E-state index in [0.29, 0.717) is 5.92 Å². The van der Waals surface area contributed by atoms with Gasteiger partial charge in [-0.2, -0.15) is 0 Å². The molecule has 60 heavy (non-hydrogen) atoms. The number of benzene rings is 9. The molecule has 1 atom stereocenters. The summed E-state index contributed by atoms with van der Waals surface area (Å²) in [4.78, 5) is 2.47. The Morgan fingerprint density at radius 3 is 1.77 bits per heavy atom. The number of anilines is 3. The first-order valence-corrected chi connectivity index (χ1v) is 21.3. The summed E-state index contributed by atoms with van der Waals surface area (Å²) in [6, 6.07) is 81.2. The zero-order valence-electron chi connectivity index (χ0n) is 33.6. The van der Waals surface area contributed by atoms with E-state index < -0.39 is 5.41 Å². The molecule has 0 saturated heterocycles. The fourth-order valence-electron chi connectivity index (χ4n) is 10.1. The lowest BCUT2D eigenvalue weighted by Gasteiger charge is -2.35. The topological polar surface area (TPSA) is 3.24 Å². The molecule has 286 valence electrons. The van der Waals surface area contributed by atoms with Crippen molar-refractivity contribution < 1.29 is 0 Å². The summed E-state index contributed by atoms with van der Waals surface area (Å²) >= 11 is 0. The van der Waals surface area contributed by atoms with Crippen molar-refractivity contribution in [2.24, 2.45) is 0 Å². The van der Waals surface area contributed by atoms with E-state index >= 15 is 0 Å². The average Bonchev–Trinajstić information content (AvgIpc) is 3.63. The Kier molecular flexibility index (Phi) is 9.09. The lowest BCUT2D eigenvalue weighted by atomic mass is 9.67. The summed E-state index contributed by atoms with van der Waals surface area (Å²) in [5.41, 5.74) is 17.0. The Labute approximate surface area is 353 Å². The van der Waals surface area contributed by atoms with Crippen LogP contribution in [0, 0.1) is 0 Å². The molecular weight excluding hydrogens is 723 g/mol. The van der Waals surface area contributed by atoms with Gasteiger partial charge in [0.25, 0.3) is 0 Å². The Morgan fingerprint density at radius 1 is 0.383 bits per heavy atom. The average molecular weight is 768 g/mol. The monoisotopic (exact) mass is 767 g/mol. The highest BCUT2D eigenvalue weighted by molar-refractivity contribution is 5.91.